The van der Waals surface area contributed by atoms with Crippen molar-refractivity contribution in [2.24, 2.45) is 5.92 Å². The Labute approximate surface area is 164 Å². The predicted molar refractivity (Wildman–Crippen MR) is 95.8 cm³/mol. The monoisotopic (exact) mass is 412 g/mol. The van der Waals surface area contributed by atoms with Crippen molar-refractivity contribution in [1.82, 2.24) is 0 Å². The summed E-state index contributed by atoms with van der Waals surface area (Å²) >= 11 is 0. The largest absolute Gasteiger partial charge is 0.573 e. The van der Waals surface area contributed by atoms with Gasteiger partial charge in [-0.15, -0.1) is 13.2 Å². The Balaban J connectivity index is 1.86. The van der Waals surface area contributed by atoms with Crippen LogP contribution in [0, 0.1) is 35.2 Å². The summed E-state index contributed by atoms with van der Waals surface area (Å²) in [6.45, 7) is 2.11. The van der Waals surface area contributed by atoms with Crippen LogP contribution in [-0.2, 0) is 12.8 Å². The van der Waals surface area contributed by atoms with Crippen molar-refractivity contribution >= 4 is 0 Å². The predicted octanol–water partition coefficient (Wildman–Crippen LogP) is 6.31. The smallest absolute Gasteiger partial charge is 0.399 e. The number of benzene rings is 2. The lowest BCUT2D eigenvalue weighted by molar-refractivity contribution is -0.276. The number of hydrogen-bond donors (Lipinski definition) is 0. The van der Waals surface area contributed by atoms with Crippen LogP contribution in [0.2, 0.25) is 0 Å². The van der Waals surface area contributed by atoms with Gasteiger partial charge in [0.25, 0.3) is 0 Å². The Hall–Kier alpha value is -2.62. The van der Waals surface area contributed by atoms with Gasteiger partial charge in [0.15, 0.2) is 11.6 Å². The second kappa shape index (κ2) is 8.40. The summed E-state index contributed by atoms with van der Waals surface area (Å²) in [4.78, 5) is 0. The second-order valence-electron chi connectivity index (χ2n) is 7.03. The zero-order valence-electron chi connectivity index (χ0n) is 15.6. The number of alkyl halides is 3. The van der Waals surface area contributed by atoms with E-state index in [2.05, 4.69) is 23.5 Å². The summed E-state index contributed by atoms with van der Waals surface area (Å²) in [5, 5.41) is 0. The van der Waals surface area contributed by atoms with Crippen LogP contribution in [0.4, 0.5) is 26.3 Å². The van der Waals surface area contributed by atoms with E-state index in [1.807, 2.05) is 6.07 Å². The highest BCUT2D eigenvalue weighted by atomic mass is 19.4. The van der Waals surface area contributed by atoms with Gasteiger partial charge in [0.1, 0.15) is 5.82 Å². The summed E-state index contributed by atoms with van der Waals surface area (Å²) < 4.78 is 82.2. The van der Waals surface area contributed by atoms with E-state index in [1.165, 1.54) is 6.07 Å². The molecule has 29 heavy (non-hydrogen) atoms. The highest BCUT2D eigenvalue weighted by molar-refractivity contribution is 5.48. The van der Waals surface area contributed by atoms with Crippen LogP contribution in [0.3, 0.4) is 0 Å². The molecular weight excluding hydrogens is 394 g/mol. The van der Waals surface area contributed by atoms with Crippen LogP contribution in [0.1, 0.15) is 48.4 Å². The minimum Gasteiger partial charge on any atom is -0.399 e. The molecular formula is C22H18F6O. The molecule has 0 radical (unpaired) electrons. The Morgan fingerprint density at radius 3 is 2.38 bits per heavy atom. The Bertz CT molecular complexity index is 945. The van der Waals surface area contributed by atoms with Crippen LogP contribution in [0.5, 0.6) is 5.75 Å². The molecule has 1 aliphatic rings. The lowest BCUT2D eigenvalue weighted by atomic mass is 9.81. The molecule has 1 atom stereocenters. The standard InChI is InChI=1S/C22H18F6O/c1-2-3-13-5-9-17-16(10-13)8-7-15(20(17)25)6-4-14-11-18(23)21(19(24)12-14)29-22(26,27)28/h7-8,11-13H,2-3,5,9-10H2,1H3. The van der Waals surface area contributed by atoms with Crippen LogP contribution in [-0.4, -0.2) is 6.36 Å². The van der Waals surface area contributed by atoms with E-state index in [4.69, 9.17) is 0 Å². The Kier molecular flexibility index (Phi) is 6.11. The van der Waals surface area contributed by atoms with Gasteiger partial charge >= 0.3 is 6.36 Å². The third kappa shape index (κ3) is 5.06. The summed E-state index contributed by atoms with van der Waals surface area (Å²) in [6.07, 6.45) is -0.748. The fourth-order valence-corrected chi connectivity index (χ4v) is 3.62. The van der Waals surface area contributed by atoms with Gasteiger partial charge in [-0.3, -0.25) is 0 Å². The first-order valence-corrected chi connectivity index (χ1v) is 9.25. The van der Waals surface area contributed by atoms with E-state index in [-0.39, 0.29) is 11.1 Å². The average Bonchev–Trinajstić information content (AvgIpc) is 2.64. The van der Waals surface area contributed by atoms with Crippen molar-refractivity contribution in [2.75, 3.05) is 0 Å². The van der Waals surface area contributed by atoms with E-state index in [9.17, 15) is 26.3 Å². The van der Waals surface area contributed by atoms with Crippen molar-refractivity contribution < 1.29 is 31.1 Å². The van der Waals surface area contributed by atoms with E-state index in [0.717, 1.165) is 31.2 Å². The van der Waals surface area contributed by atoms with Gasteiger partial charge in [0.2, 0.25) is 5.75 Å². The van der Waals surface area contributed by atoms with Crippen LogP contribution < -0.4 is 4.74 Å². The molecule has 1 unspecified atom stereocenters. The van der Waals surface area contributed by atoms with Gasteiger partial charge in [-0.2, -0.15) is 0 Å². The molecule has 0 spiro atoms. The quantitative estimate of drug-likeness (QED) is 0.424. The van der Waals surface area contributed by atoms with E-state index >= 15 is 0 Å². The topological polar surface area (TPSA) is 9.23 Å². The second-order valence-corrected chi connectivity index (χ2v) is 7.03. The van der Waals surface area contributed by atoms with Crippen molar-refractivity contribution in [3.8, 4) is 17.6 Å². The van der Waals surface area contributed by atoms with E-state index in [0.29, 0.717) is 30.0 Å². The summed E-state index contributed by atoms with van der Waals surface area (Å²) in [7, 11) is 0. The highest BCUT2D eigenvalue weighted by Gasteiger charge is 2.34. The zero-order valence-corrected chi connectivity index (χ0v) is 15.6. The van der Waals surface area contributed by atoms with Gasteiger partial charge in [-0.05, 0) is 54.5 Å². The third-order valence-corrected chi connectivity index (χ3v) is 4.91. The number of hydrogen-bond acceptors (Lipinski definition) is 1. The molecule has 154 valence electrons. The van der Waals surface area contributed by atoms with Crippen LogP contribution in [0.15, 0.2) is 24.3 Å². The third-order valence-electron chi connectivity index (χ3n) is 4.91. The molecule has 2 aromatic rings. The van der Waals surface area contributed by atoms with E-state index < -0.39 is 29.6 Å². The molecule has 3 rings (SSSR count). The molecule has 0 fully saturated rings. The lowest BCUT2D eigenvalue weighted by Gasteiger charge is -2.25. The van der Waals surface area contributed by atoms with Gasteiger partial charge < -0.3 is 4.74 Å². The maximum absolute atomic E-state index is 14.8. The summed E-state index contributed by atoms with van der Waals surface area (Å²) in [6, 6.07) is 4.56. The fourth-order valence-electron chi connectivity index (χ4n) is 3.62. The molecule has 0 heterocycles. The minimum absolute atomic E-state index is 0.0779. The molecule has 0 N–H and O–H groups in total. The Morgan fingerprint density at radius 2 is 1.76 bits per heavy atom. The first kappa shape index (κ1) is 21.1. The number of rotatable bonds is 3. The number of ether oxygens (including phenoxy) is 1. The number of fused-ring (bicyclic) bond motifs is 1. The molecule has 1 aliphatic carbocycles. The molecule has 0 bridgehead atoms. The number of halogens is 6. The van der Waals surface area contributed by atoms with Crippen LogP contribution in [0.25, 0.3) is 0 Å². The zero-order chi connectivity index (χ0) is 21.2. The Morgan fingerprint density at radius 1 is 1.07 bits per heavy atom. The normalized spacial score (nSPS) is 16.0. The first-order valence-electron chi connectivity index (χ1n) is 9.25. The summed E-state index contributed by atoms with van der Waals surface area (Å²) in [5.74, 6) is 0.362. The highest BCUT2D eigenvalue weighted by Crippen LogP contribution is 2.32. The van der Waals surface area contributed by atoms with Gasteiger partial charge in [-0.1, -0.05) is 37.7 Å². The van der Waals surface area contributed by atoms with Crippen molar-refractivity contribution in [1.29, 1.82) is 0 Å². The van der Waals surface area contributed by atoms with Gasteiger partial charge in [0, 0.05) is 5.56 Å². The van der Waals surface area contributed by atoms with Gasteiger partial charge in [-0.25, -0.2) is 13.2 Å². The van der Waals surface area contributed by atoms with Crippen LogP contribution >= 0.6 is 0 Å². The van der Waals surface area contributed by atoms with Gasteiger partial charge in [0.05, 0.1) is 5.56 Å². The summed E-state index contributed by atoms with van der Waals surface area (Å²) in [5.41, 5.74) is 1.41. The van der Waals surface area contributed by atoms with E-state index in [1.54, 1.807) is 0 Å². The SMILES string of the molecule is CCCC1CCc2c(ccc(C#Cc3cc(F)c(OC(F)(F)F)c(F)c3)c2F)C1. The molecule has 0 saturated heterocycles. The molecule has 0 aliphatic heterocycles. The minimum atomic E-state index is -5.22. The lowest BCUT2D eigenvalue weighted by Crippen LogP contribution is -2.19. The van der Waals surface area contributed by atoms with Crippen molar-refractivity contribution in [3.63, 3.8) is 0 Å². The molecule has 1 nitrogen and oxygen atoms in total. The van der Waals surface area contributed by atoms with Crippen molar-refractivity contribution in [2.45, 2.75) is 45.4 Å². The molecule has 0 amide bonds. The maximum Gasteiger partial charge on any atom is 0.573 e. The average molecular weight is 412 g/mol. The maximum atomic E-state index is 14.8. The molecule has 0 aromatic heterocycles. The molecule has 0 saturated carbocycles. The first-order chi connectivity index (χ1) is 13.7. The molecule has 7 heteroatoms. The fraction of sp³-hybridized carbons (Fsp3) is 0.364. The van der Waals surface area contributed by atoms with Crippen molar-refractivity contribution in [3.05, 3.63) is 64.0 Å². The molecule has 2 aromatic carbocycles.